The fourth-order valence-electron chi connectivity index (χ4n) is 5.37. The zero-order chi connectivity index (χ0) is 29.0. The molecule has 1 N–H and O–H groups in total. The Morgan fingerprint density at radius 1 is 0.902 bits per heavy atom. The maximum Gasteiger partial charge on any atom is 0.362 e. The van der Waals surface area contributed by atoms with Crippen LogP contribution in [0.3, 0.4) is 0 Å². The van der Waals surface area contributed by atoms with Gasteiger partial charge in [-0.15, -0.1) is 0 Å². The predicted octanol–water partition coefficient (Wildman–Crippen LogP) is 4.65. The summed E-state index contributed by atoms with van der Waals surface area (Å²) < 4.78 is 27.6. The predicted molar refractivity (Wildman–Crippen MR) is 159 cm³/mol. The van der Waals surface area contributed by atoms with E-state index < -0.39 is 36.0 Å². The molecule has 2 heterocycles. The Labute approximate surface area is 243 Å². The van der Waals surface area contributed by atoms with Crippen molar-refractivity contribution < 1.29 is 13.8 Å². The third-order valence-corrected chi connectivity index (χ3v) is 9.88. The van der Waals surface area contributed by atoms with E-state index in [0.717, 1.165) is 16.7 Å². The number of nitrogens with zero attached hydrogens (tertiary/aromatic N) is 3. The summed E-state index contributed by atoms with van der Waals surface area (Å²) in [5.41, 5.74) is 1.15. The summed E-state index contributed by atoms with van der Waals surface area (Å²) in [7, 11) is 3.16. The molecule has 1 fully saturated rings. The number of hydrogen-bond acceptors (Lipinski definition) is 6. The molecule has 41 heavy (non-hydrogen) atoms. The van der Waals surface area contributed by atoms with Crippen molar-refractivity contribution in [2.45, 2.75) is 17.9 Å². The van der Waals surface area contributed by atoms with Crippen molar-refractivity contribution in [3.8, 4) is 0 Å². The first kappa shape index (κ1) is 29.2. The van der Waals surface area contributed by atoms with E-state index >= 15 is 0 Å². The van der Waals surface area contributed by atoms with Gasteiger partial charge in [0.2, 0.25) is 0 Å². The minimum atomic E-state index is -3.58. The van der Waals surface area contributed by atoms with Crippen LogP contribution in [0, 0.1) is 0 Å². The van der Waals surface area contributed by atoms with Gasteiger partial charge < -0.3 is 9.26 Å². The van der Waals surface area contributed by atoms with Crippen molar-refractivity contribution in [3.63, 3.8) is 0 Å². The van der Waals surface area contributed by atoms with Crippen LogP contribution in [0.2, 0.25) is 0 Å². The van der Waals surface area contributed by atoms with E-state index in [9.17, 15) is 14.2 Å². The highest BCUT2D eigenvalue weighted by molar-refractivity contribution is 7.83. The molecule has 1 saturated heterocycles. The molecule has 1 aliphatic heterocycles. The molecule has 5 rings (SSSR count). The van der Waals surface area contributed by atoms with Gasteiger partial charge in [0.25, 0.3) is 5.56 Å². The second-order valence-electron chi connectivity index (χ2n) is 10.0. The second-order valence-corrected chi connectivity index (χ2v) is 13.3. The van der Waals surface area contributed by atoms with Gasteiger partial charge in [0.1, 0.15) is 0 Å². The minimum Gasteiger partial charge on any atom is -0.350 e. The topological polar surface area (TPSA) is 96.9 Å². The lowest BCUT2D eigenvalue weighted by atomic mass is 9.75. The number of H-pyrrole nitrogens is 1. The van der Waals surface area contributed by atoms with Gasteiger partial charge in [-0.25, -0.2) is 9.46 Å². The van der Waals surface area contributed by atoms with E-state index in [1.807, 2.05) is 54.6 Å². The maximum atomic E-state index is 12.9. The normalized spacial score (nSPS) is 19.6. The summed E-state index contributed by atoms with van der Waals surface area (Å²) in [6.45, 7) is -3.02. The van der Waals surface area contributed by atoms with Crippen LogP contribution in [-0.2, 0) is 19.4 Å². The molecule has 1 aromatic heterocycles. The molecule has 0 amide bonds. The number of halogens is 1. The molecule has 0 bridgehead atoms. The van der Waals surface area contributed by atoms with Crippen molar-refractivity contribution in [1.82, 2.24) is 19.1 Å². The maximum absolute atomic E-state index is 12.9. The van der Waals surface area contributed by atoms with Crippen molar-refractivity contribution in [3.05, 3.63) is 141 Å². The van der Waals surface area contributed by atoms with Crippen LogP contribution in [0.1, 0.15) is 22.9 Å². The Bertz CT molecular complexity index is 1520. The van der Waals surface area contributed by atoms with Crippen molar-refractivity contribution in [2.24, 2.45) is 0 Å². The molecule has 2 unspecified atom stereocenters. The van der Waals surface area contributed by atoms with E-state index in [0.29, 0.717) is 6.54 Å². The lowest BCUT2D eigenvalue weighted by Gasteiger charge is -2.50. The summed E-state index contributed by atoms with van der Waals surface area (Å²) in [5, 5.41) is 0. The molecule has 214 valence electrons. The fraction of sp³-hybridized carbons (Fsp3) is 0.267. The highest BCUT2D eigenvalue weighted by Gasteiger charge is 2.46. The number of nitrogens with one attached hydrogen (secondary N) is 1. The van der Waals surface area contributed by atoms with Crippen molar-refractivity contribution in [2.75, 3.05) is 33.8 Å². The largest absolute Gasteiger partial charge is 0.362 e. The summed E-state index contributed by atoms with van der Waals surface area (Å²) in [6, 6.07) is 31.7. The van der Waals surface area contributed by atoms with Crippen LogP contribution in [-0.4, -0.2) is 59.0 Å². The molecule has 3 atom stereocenters. The molecule has 1 aliphatic rings. The third kappa shape index (κ3) is 6.02. The van der Waals surface area contributed by atoms with Crippen molar-refractivity contribution in [1.29, 1.82) is 0 Å². The lowest BCUT2D eigenvalue weighted by Crippen LogP contribution is -2.58. The van der Waals surface area contributed by atoms with Gasteiger partial charge in [-0.05, 0) is 42.0 Å². The van der Waals surface area contributed by atoms with Gasteiger partial charge in [-0.3, -0.25) is 23.8 Å². The number of rotatable bonds is 9. The summed E-state index contributed by atoms with van der Waals surface area (Å²) in [4.78, 5) is 29.4. The lowest BCUT2D eigenvalue weighted by molar-refractivity contribution is -0.148. The smallest absolute Gasteiger partial charge is 0.350 e. The number of hydrogen-bond donors (Lipinski definition) is 1. The van der Waals surface area contributed by atoms with E-state index in [1.54, 1.807) is 14.1 Å². The zero-order valence-electron chi connectivity index (χ0n) is 22.8. The average molecular weight is 595 g/mol. The standard InChI is InChI=1S/C30H32ClN4O5P/c1-33(2)41(31,38)39-22-26-20-34(21-28(40-26)35-19-18-27(36)32-29(35)37)30(23-12-6-3-7-13-23,24-14-8-4-9-15-24)25-16-10-5-11-17-25/h3-19,26,28H,20-22H2,1-2H3,(H,32,36,37)/t26-,28?,41?/m0/s1. The van der Waals surface area contributed by atoms with Gasteiger partial charge in [-0.2, -0.15) is 0 Å². The summed E-state index contributed by atoms with van der Waals surface area (Å²) >= 11 is 6.20. The van der Waals surface area contributed by atoms with Crippen LogP contribution in [0.4, 0.5) is 0 Å². The van der Waals surface area contributed by atoms with E-state index in [-0.39, 0.29) is 13.2 Å². The van der Waals surface area contributed by atoms with Crippen LogP contribution in [0.5, 0.6) is 0 Å². The van der Waals surface area contributed by atoms with Crippen LogP contribution in [0.25, 0.3) is 0 Å². The molecule has 9 nitrogen and oxygen atoms in total. The highest BCUT2D eigenvalue weighted by atomic mass is 35.7. The van der Waals surface area contributed by atoms with Gasteiger partial charge in [0.05, 0.1) is 18.2 Å². The molecule has 0 saturated carbocycles. The van der Waals surface area contributed by atoms with Crippen LogP contribution >= 0.6 is 18.1 Å². The number of ether oxygens (including phenoxy) is 1. The van der Waals surface area contributed by atoms with Crippen LogP contribution < -0.4 is 11.2 Å². The second kappa shape index (κ2) is 12.3. The zero-order valence-corrected chi connectivity index (χ0v) is 24.4. The fourth-order valence-corrected chi connectivity index (χ4v) is 6.12. The molecule has 4 aromatic rings. The molecule has 11 heteroatoms. The van der Waals surface area contributed by atoms with E-state index in [4.69, 9.17) is 20.5 Å². The Morgan fingerprint density at radius 2 is 1.41 bits per heavy atom. The molecule has 3 aromatic carbocycles. The van der Waals surface area contributed by atoms with Gasteiger partial charge in [0, 0.05) is 25.4 Å². The molecular formula is C30H32ClN4O5P. The molecule has 0 radical (unpaired) electrons. The highest BCUT2D eigenvalue weighted by Crippen LogP contribution is 2.54. The third-order valence-electron chi connectivity index (χ3n) is 7.26. The molecule has 0 spiro atoms. The van der Waals surface area contributed by atoms with Gasteiger partial charge >= 0.3 is 12.6 Å². The first-order valence-corrected chi connectivity index (χ1v) is 15.7. The average Bonchev–Trinajstić information content (AvgIpc) is 2.98. The van der Waals surface area contributed by atoms with E-state index in [1.165, 1.54) is 21.5 Å². The monoisotopic (exact) mass is 594 g/mol. The quantitative estimate of drug-likeness (QED) is 0.222. The number of morpholine rings is 1. The summed E-state index contributed by atoms with van der Waals surface area (Å²) in [6.07, 6.45) is -0.00392. The first-order valence-electron chi connectivity index (χ1n) is 13.2. The number of aromatic amines is 1. The Morgan fingerprint density at radius 3 is 1.88 bits per heavy atom. The Kier molecular flexibility index (Phi) is 8.75. The summed E-state index contributed by atoms with van der Waals surface area (Å²) in [5.74, 6) is 0. The van der Waals surface area contributed by atoms with Gasteiger partial charge in [-0.1, -0.05) is 91.0 Å². The number of aromatic nitrogens is 2. The molecule has 0 aliphatic carbocycles. The Balaban J connectivity index is 1.69. The Hall–Kier alpha value is -3.30. The SMILES string of the molecule is CN(C)P(=O)(Cl)OC[C@@H]1CN(C(c2ccccc2)(c2ccccc2)c2ccccc2)CC(n2ccc(=O)[nH]c2=O)O1. The van der Waals surface area contributed by atoms with Crippen molar-refractivity contribution >= 4 is 18.1 Å². The van der Waals surface area contributed by atoms with Crippen LogP contribution in [0.15, 0.2) is 113 Å². The van der Waals surface area contributed by atoms with Gasteiger partial charge in [0.15, 0.2) is 6.23 Å². The first-order chi connectivity index (χ1) is 19.7. The minimum absolute atomic E-state index is 0.0848. The molecular weight excluding hydrogens is 563 g/mol. The number of benzene rings is 3. The van der Waals surface area contributed by atoms with E-state index in [2.05, 4.69) is 46.3 Å².